The first-order chi connectivity index (χ1) is 16.2. The van der Waals surface area contributed by atoms with E-state index in [0.29, 0.717) is 17.3 Å². The van der Waals surface area contributed by atoms with Gasteiger partial charge < -0.3 is 19.3 Å². The van der Waals surface area contributed by atoms with Gasteiger partial charge in [-0.3, -0.25) is 9.48 Å². The van der Waals surface area contributed by atoms with E-state index in [1.807, 2.05) is 47.3 Å². The van der Waals surface area contributed by atoms with Gasteiger partial charge in [0.1, 0.15) is 0 Å². The van der Waals surface area contributed by atoms with Crippen LogP contribution in [0.3, 0.4) is 0 Å². The maximum atomic E-state index is 12.9. The average Bonchev–Trinajstić information content (AvgIpc) is 3.60. The van der Waals surface area contributed by atoms with Gasteiger partial charge in [0.25, 0.3) is 5.91 Å². The van der Waals surface area contributed by atoms with Gasteiger partial charge in [-0.2, -0.15) is 5.10 Å². The Morgan fingerprint density at radius 1 is 1.09 bits per heavy atom. The van der Waals surface area contributed by atoms with Crippen molar-refractivity contribution in [1.29, 1.82) is 0 Å². The lowest BCUT2D eigenvalue weighted by molar-refractivity contribution is 0.0923. The van der Waals surface area contributed by atoms with Crippen molar-refractivity contribution in [3.05, 3.63) is 83.3 Å². The van der Waals surface area contributed by atoms with E-state index in [4.69, 9.17) is 14.0 Å². The Morgan fingerprint density at radius 2 is 1.97 bits per heavy atom. The lowest BCUT2D eigenvalue weighted by Gasteiger charge is -2.24. The fourth-order valence-electron chi connectivity index (χ4n) is 4.46. The Labute approximate surface area is 190 Å². The summed E-state index contributed by atoms with van der Waals surface area (Å²) in [6.07, 6.45) is 4.68. The van der Waals surface area contributed by atoms with E-state index in [9.17, 15) is 4.79 Å². The number of fused-ring (bicyclic) bond motifs is 2. The fourth-order valence-corrected chi connectivity index (χ4v) is 4.46. The number of nitrogens with zero attached hydrogens (tertiary/aromatic N) is 3. The number of aromatic nitrogens is 3. The second kappa shape index (κ2) is 8.12. The van der Waals surface area contributed by atoms with Gasteiger partial charge in [0.2, 0.25) is 6.79 Å². The molecule has 2 aromatic carbocycles. The molecule has 0 unspecified atom stereocenters. The number of amides is 1. The Morgan fingerprint density at radius 3 is 2.88 bits per heavy atom. The second-order valence-electron chi connectivity index (χ2n) is 8.25. The average molecular weight is 442 g/mol. The minimum Gasteiger partial charge on any atom is -0.454 e. The Kier molecular flexibility index (Phi) is 4.83. The van der Waals surface area contributed by atoms with Crippen LogP contribution in [0.4, 0.5) is 0 Å². The van der Waals surface area contributed by atoms with Crippen molar-refractivity contribution >= 4 is 5.91 Å². The van der Waals surface area contributed by atoms with E-state index in [1.54, 1.807) is 6.07 Å². The van der Waals surface area contributed by atoms with Gasteiger partial charge in [-0.05, 0) is 43.0 Å². The van der Waals surface area contributed by atoms with E-state index in [-0.39, 0.29) is 24.4 Å². The van der Waals surface area contributed by atoms with Crippen molar-refractivity contribution in [2.24, 2.45) is 0 Å². The maximum absolute atomic E-state index is 12.9. The predicted octanol–water partition coefficient (Wildman–Crippen LogP) is 4.12. The summed E-state index contributed by atoms with van der Waals surface area (Å²) in [5.41, 5.74) is 4.47. The Hall–Kier alpha value is -4.07. The first kappa shape index (κ1) is 19.6. The van der Waals surface area contributed by atoms with Gasteiger partial charge in [0.15, 0.2) is 23.0 Å². The highest BCUT2D eigenvalue weighted by atomic mass is 16.7. The third kappa shape index (κ3) is 3.73. The Balaban J connectivity index is 1.18. The normalized spacial score (nSPS) is 16.4. The zero-order chi connectivity index (χ0) is 22.2. The molecule has 1 amide bonds. The number of hydrogen-bond acceptors (Lipinski definition) is 6. The molecule has 0 fully saturated rings. The third-order valence-corrected chi connectivity index (χ3v) is 6.14. The van der Waals surface area contributed by atoms with Crippen LogP contribution in [-0.2, 0) is 13.0 Å². The summed E-state index contributed by atoms with van der Waals surface area (Å²) in [6.45, 7) is 0.924. The summed E-state index contributed by atoms with van der Waals surface area (Å²) in [4.78, 5) is 12.9. The monoisotopic (exact) mass is 442 g/mol. The fraction of sp³-hybridized carbons (Fsp3) is 0.240. The molecular weight excluding hydrogens is 420 g/mol. The van der Waals surface area contributed by atoms with Crippen LogP contribution in [0.1, 0.15) is 46.2 Å². The predicted molar refractivity (Wildman–Crippen MR) is 119 cm³/mol. The summed E-state index contributed by atoms with van der Waals surface area (Å²) in [5, 5.41) is 11.7. The lowest BCUT2D eigenvalue weighted by Crippen LogP contribution is -2.31. The van der Waals surface area contributed by atoms with Crippen LogP contribution in [-0.4, -0.2) is 27.6 Å². The number of carbonyl (C=O) groups is 1. The largest absolute Gasteiger partial charge is 0.454 e. The van der Waals surface area contributed by atoms with E-state index in [2.05, 4.69) is 27.7 Å². The molecule has 8 nitrogen and oxygen atoms in total. The van der Waals surface area contributed by atoms with Crippen LogP contribution in [0, 0.1) is 0 Å². The van der Waals surface area contributed by atoms with Crippen molar-refractivity contribution in [2.75, 3.05) is 6.79 Å². The van der Waals surface area contributed by atoms with E-state index < -0.39 is 0 Å². The first-order valence-electron chi connectivity index (χ1n) is 11.0. The Bertz CT molecular complexity index is 1310. The van der Waals surface area contributed by atoms with Gasteiger partial charge in [-0.1, -0.05) is 35.5 Å². The summed E-state index contributed by atoms with van der Waals surface area (Å²) < 4.78 is 18.2. The van der Waals surface area contributed by atoms with Crippen LogP contribution in [0.5, 0.6) is 11.5 Å². The van der Waals surface area contributed by atoms with Crippen molar-refractivity contribution in [1.82, 2.24) is 20.3 Å². The third-order valence-electron chi connectivity index (χ3n) is 6.14. The molecule has 0 radical (unpaired) electrons. The van der Waals surface area contributed by atoms with Crippen molar-refractivity contribution in [3.8, 4) is 22.8 Å². The summed E-state index contributed by atoms with van der Waals surface area (Å²) in [7, 11) is 0. The van der Waals surface area contributed by atoms with Gasteiger partial charge in [-0.25, -0.2) is 0 Å². The molecule has 0 saturated carbocycles. The van der Waals surface area contributed by atoms with Crippen LogP contribution < -0.4 is 14.8 Å². The van der Waals surface area contributed by atoms with Crippen LogP contribution in [0.25, 0.3) is 11.3 Å². The summed E-state index contributed by atoms with van der Waals surface area (Å²) in [5.74, 6) is 1.58. The quantitative estimate of drug-likeness (QED) is 0.500. The van der Waals surface area contributed by atoms with Crippen molar-refractivity contribution in [2.45, 2.75) is 31.8 Å². The molecule has 0 spiro atoms. The molecule has 1 N–H and O–H groups in total. The zero-order valence-electron chi connectivity index (χ0n) is 17.9. The van der Waals surface area contributed by atoms with E-state index >= 15 is 0 Å². The minimum atomic E-state index is -0.264. The zero-order valence-corrected chi connectivity index (χ0v) is 17.9. The molecule has 4 aromatic rings. The van der Waals surface area contributed by atoms with Crippen LogP contribution in [0.15, 0.2) is 65.3 Å². The molecule has 2 aromatic heterocycles. The number of rotatable bonds is 5. The second-order valence-corrected chi connectivity index (χ2v) is 8.25. The van der Waals surface area contributed by atoms with Gasteiger partial charge in [0.05, 0.1) is 18.8 Å². The topological polar surface area (TPSA) is 91.4 Å². The highest BCUT2D eigenvalue weighted by Gasteiger charge is 2.27. The van der Waals surface area contributed by atoms with Crippen LogP contribution in [0.2, 0.25) is 0 Å². The SMILES string of the molecule is O=C(N[C@@H]1CCCc2c1cnn2Cc1ccccc1)c1cc(-c2ccc3c(c2)OCO3)on1. The van der Waals surface area contributed by atoms with Crippen molar-refractivity contribution < 1.29 is 18.8 Å². The maximum Gasteiger partial charge on any atom is 0.273 e. The summed E-state index contributed by atoms with van der Waals surface area (Å²) >= 11 is 0. The van der Waals surface area contributed by atoms with E-state index in [1.165, 1.54) is 11.3 Å². The van der Waals surface area contributed by atoms with Crippen molar-refractivity contribution in [3.63, 3.8) is 0 Å². The highest BCUT2D eigenvalue weighted by molar-refractivity contribution is 5.93. The molecule has 166 valence electrons. The molecule has 1 aliphatic carbocycles. The van der Waals surface area contributed by atoms with Gasteiger partial charge >= 0.3 is 0 Å². The number of hydrogen-bond donors (Lipinski definition) is 1. The number of carbonyl (C=O) groups excluding carboxylic acids is 1. The number of nitrogens with one attached hydrogen (secondary N) is 1. The van der Waals surface area contributed by atoms with Gasteiger partial charge in [-0.15, -0.1) is 0 Å². The molecule has 8 heteroatoms. The molecular formula is C25H22N4O4. The molecule has 6 rings (SSSR count). The molecule has 1 aliphatic heterocycles. The molecule has 0 saturated heterocycles. The minimum absolute atomic E-state index is 0.100. The van der Waals surface area contributed by atoms with Gasteiger partial charge in [0, 0.05) is 22.9 Å². The molecule has 2 aliphatic rings. The van der Waals surface area contributed by atoms with E-state index in [0.717, 1.165) is 36.9 Å². The first-order valence-corrected chi connectivity index (χ1v) is 11.0. The standard InChI is InChI=1S/C25H22N4O4/c30-25(20-12-23(33-28-20)17-9-10-22-24(11-17)32-15-31-22)27-19-7-4-8-21-18(19)13-26-29(21)14-16-5-2-1-3-6-16/h1-3,5-6,9-13,19H,4,7-8,14-15H2,(H,27,30)/t19-/m1/s1. The number of ether oxygens (including phenoxy) is 2. The smallest absolute Gasteiger partial charge is 0.273 e. The molecule has 3 heterocycles. The molecule has 0 bridgehead atoms. The van der Waals surface area contributed by atoms with Crippen LogP contribution >= 0.6 is 0 Å². The number of benzene rings is 2. The summed E-state index contributed by atoms with van der Waals surface area (Å²) in [6, 6.07) is 17.3. The highest BCUT2D eigenvalue weighted by Crippen LogP contribution is 2.36. The lowest BCUT2D eigenvalue weighted by atomic mass is 9.92. The molecule has 1 atom stereocenters. The molecule has 33 heavy (non-hydrogen) atoms.